The molecule has 2 atom stereocenters. The number of halogens is 1. The van der Waals surface area contributed by atoms with Gasteiger partial charge in [0.15, 0.2) is 11.6 Å². The topological polar surface area (TPSA) is 70.1 Å². The monoisotopic (exact) mass is 551 g/mol. The summed E-state index contributed by atoms with van der Waals surface area (Å²) in [5.74, 6) is -0.424. The molecule has 6 nitrogen and oxygen atoms in total. The molecule has 1 aliphatic heterocycles. The van der Waals surface area contributed by atoms with Crippen molar-refractivity contribution in [1.82, 2.24) is 4.31 Å². The summed E-state index contributed by atoms with van der Waals surface area (Å²) in [6, 6.07) is 30.1. The third-order valence-corrected chi connectivity index (χ3v) is 9.19. The number of amidine groups is 1. The summed E-state index contributed by atoms with van der Waals surface area (Å²) in [4.78, 5) is 13.0. The molecule has 2 aliphatic rings. The van der Waals surface area contributed by atoms with Crippen LogP contribution in [0.1, 0.15) is 23.1 Å². The second kappa shape index (κ2) is 9.88. The van der Waals surface area contributed by atoms with E-state index in [1.165, 1.54) is 22.5 Å². The highest BCUT2D eigenvalue weighted by molar-refractivity contribution is 7.89. The van der Waals surface area contributed by atoms with Crippen LogP contribution in [0.25, 0.3) is 0 Å². The standard InChI is InChI=1S/C32H26FN3O3S/c1-23-12-18-29(19-13-23)40(38,39)36-31(24-8-4-2-5-9-24)34-35(27-10-6-3-7-11-27)30-22-28(37)20-21-32(30,36)25-14-16-26(33)17-15-25/h2-21,30H,22H2,1H3/t30-,32-/m0/s1. The molecular formula is C32H26FN3O3S. The zero-order chi connectivity index (χ0) is 27.9. The average Bonchev–Trinajstić information content (AvgIpc) is 2.98. The molecule has 200 valence electrons. The van der Waals surface area contributed by atoms with Crippen LogP contribution in [0.15, 0.2) is 131 Å². The van der Waals surface area contributed by atoms with E-state index in [0.717, 1.165) is 5.56 Å². The van der Waals surface area contributed by atoms with Gasteiger partial charge < -0.3 is 0 Å². The van der Waals surface area contributed by atoms with Crippen LogP contribution in [0.5, 0.6) is 0 Å². The Kier molecular flexibility index (Phi) is 6.35. The summed E-state index contributed by atoms with van der Waals surface area (Å²) in [6.07, 6.45) is 3.05. The van der Waals surface area contributed by atoms with E-state index in [9.17, 15) is 17.6 Å². The Morgan fingerprint density at radius 2 is 1.48 bits per heavy atom. The van der Waals surface area contributed by atoms with E-state index in [2.05, 4.69) is 0 Å². The number of nitrogens with zero attached hydrogens (tertiary/aromatic N) is 3. The number of hydrogen-bond donors (Lipinski definition) is 0. The minimum absolute atomic E-state index is 0.00570. The molecule has 0 saturated heterocycles. The molecular weight excluding hydrogens is 525 g/mol. The lowest BCUT2D eigenvalue weighted by molar-refractivity contribution is -0.116. The minimum Gasteiger partial charge on any atom is -0.295 e. The largest absolute Gasteiger partial charge is 0.295 e. The van der Waals surface area contributed by atoms with Crippen LogP contribution in [-0.4, -0.2) is 30.4 Å². The van der Waals surface area contributed by atoms with Crippen molar-refractivity contribution in [1.29, 1.82) is 0 Å². The molecule has 0 amide bonds. The summed E-state index contributed by atoms with van der Waals surface area (Å²) in [5, 5.41) is 6.69. The fraction of sp³-hybridized carbons (Fsp3) is 0.125. The van der Waals surface area contributed by atoms with Crippen molar-refractivity contribution >= 4 is 27.3 Å². The predicted octanol–water partition coefficient (Wildman–Crippen LogP) is 5.80. The number of aryl methyl sites for hydroxylation is 1. The molecule has 1 heterocycles. The highest BCUT2D eigenvalue weighted by atomic mass is 32.2. The van der Waals surface area contributed by atoms with Gasteiger partial charge in [-0.1, -0.05) is 78.4 Å². The molecule has 0 aromatic heterocycles. The van der Waals surface area contributed by atoms with E-state index in [4.69, 9.17) is 5.10 Å². The third kappa shape index (κ3) is 4.21. The first-order valence-corrected chi connectivity index (χ1v) is 14.3. The Balaban J connectivity index is 1.73. The van der Waals surface area contributed by atoms with Gasteiger partial charge in [-0.2, -0.15) is 5.10 Å². The molecule has 0 saturated carbocycles. The van der Waals surface area contributed by atoms with Crippen LogP contribution in [-0.2, 0) is 20.4 Å². The summed E-state index contributed by atoms with van der Waals surface area (Å²) < 4.78 is 45.0. The van der Waals surface area contributed by atoms with Gasteiger partial charge in [-0.15, -0.1) is 0 Å². The Labute approximate surface area is 232 Å². The van der Waals surface area contributed by atoms with Crippen LogP contribution < -0.4 is 5.01 Å². The van der Waals surface area contributed by atoms with Gasteiger partial charge in [0, 0.05) is 12.0 Å². The maximum atomic E-state index is 14.7. The number of anilines is 1. The number of rotatable bonds is 5. The number of hydrogen-bond acceptors (Lipinski definition) is 5. The van der Waals surface area contributed by atoms with Crippen LogP contribution in [0.4, 0.5) is 10.1 Å². The Morgan fingerprint density at radius 3 is 2.12 bits per heavy atom. The smallest absolute Gasteiger partial charge is 0.266 e. The van der Waals surface area contributed by atoms with E-state index in [0.29, 0.717) is 16.8 Å². The van der Waals surface area contributed by atoms with Crippen LogP contribution in [0, 0.1) is 12.7 Å². The quantitative estimate of drug-likeness (QED) is 0.314. The number of allylic oxidation sites excluding steroid dienone is 1. The predicted molar refractivity (Wildman–Crippen MR) is 153 cm³/mol. The Bertz CT molecular complexity index is 1720. The van der Waals surface area contributed by atoms with Crippen molar-refractivity contribution in [2.75, 3.05) is 5.01 Å². The number of carbonyl (C=O) groups excluding carboxylic acids is 1. The minimum atomic E-state index is -4.27. The molecule has 4 aromatic rings. The third-order valence-electron chi connectivity index (χ3n) is 7.37. The lowest BCUT2D eigenvalue weighted by atomic mass is 9.75. The Hall–Kier alpha value is -4.56. The molecule has 4 aromatic carbocycles. The first-order chi connectivity index (χ1) is 19.3. The molecule has 0 bridgehead atoms. The van der Waals surface area contributed by atoms with E-state index >= 15 is 0 Å². The van der Waals surface area contributed by atoms with Crippen LogP contribution >= 0.6 is 0 Å². The van der Waals surface area contributed by atoms with E-state index in [1.807, 2.05) is 55.5 Å². The Morgan fingerprint density at radius 1 is 0.850 bits per heavy atom. The van der Waals surface area contributed by atoms with Gasteiger partial charge in [-0.25, -0.2) is 17.1 Å². The van der Waals surface area contributed by atoms with Gasteiger partial charge in [0.05, 0.1) is 16.6 Å². The van der Waals surface area contributed by atoms with Gasteiger partial charge >= 0.3 is 0 Å². The highest BCUT2D eigenvalue weighted by Crippen LogP contribution is 2.48. The SMILES string of the molecule is Cc1ccc(S(=O)(=O)N2C(c3ccccc3)=NN(c3ccccc3)[C@H]3CC(=O)C=C[C@]32c2ccc(F)cc2)cc1. The molecule has 6 rings (SSSR count). The number of benzene rings is 4. The summed E-state index contributed by atoms with van der Waals surface area (Å²) >= 11 is 0. The summed E-state index contributed by atoms with van der Waals surface area (Å²) in [6.45, 7) is 1.89. The average molecular weight is 552 g/mol. The van der Waals surface area contributed by atoms with Gasteiger partial charge in [0.1, 0.15) is 11.4 Å². The van der Waals surface area contributed by atoms with Gasteiger partial charge in [0.2, 0.25) is 0 Å². The normalized spacial score (nSPS) is 20.7. The van der Waals surface area contributed by atoms with Gasteiger partial charge in [0.25, 0.3) is 10.0 Å². The maximum absolute atomic E-state index is 14.7. The lowest BCUT2D eigenvalue weighted by Gasteiger charge is -2.54. The number of hydrazone groups is 1. The molecule has 8 heteroatoms. The van der Waals surface area contributed by atoms with Gasteiger partial charge in [-0.3, -0.25) is 9.80 Å². The molecule has 0 fully saturated rings. The number of fused-ring (bicyclic) bond motifs is 1. The fourth-order valence-electron chi connectivity index (χ4n) is 5.44. The van der Waals surface area contributed by atoms with Gasteiger partial charge in [-0.05, 0) is 61.0 Å². The number of carbonyl (C=O) groups is 1. The second-order valence-corrected chi connectivity index (χ2v) is 11.7. The number of ketones is 1. The second-order valence-electron chi connectivity index (χ2n) is 9.90. The van der Waals surface area contributed by atoms with Crippen molar-refractivity contribution < 1.29 is 17.6 Å². The van der Waals surface area contributed by atoms with Crippen molar-refractivity contribution in [3.05, 3.63) is 144 Å². The highest BCUT2D eigenvalue weighted by Gasteiger charge is 2.57. The fourth-order valence-corrected chi connectivity index (χ4v) is 7.19. The molecule has 0 radical (unpaired) electrons. The summed E-state index contributed by atoms with van der Waals surface area (Å²) in [5.41, 5.74) is 1.27. The van der Waals surface area contributed by atoms with E-state index in [-0.39, 0.29) is 22.9 Å². The molecule has 1 aliphatic carbocycles. The zero-order valence-electron chi connectivity index (χ0n) is 21.7. The summed E-state index contributed by atoms with van der Waals surface area (Å²) in [7, 11) is -4.27. The lowest BCUT2D eigenvalue weighted by Crippen LogP contribution is -2.66. The first kappa shape index (κ1) is 25.7. The zero-order valence-corrected chi connectivity index (χ0v) is 22.5. The van der Waals surface area contributed by atoms with Crippen molar-refractivity contribution in [3.8, 4) is 0 Å². The first-order valence-electron chi connectivity index (χ1n) is 12.9. The molecule has 0 spiro atoms. The van der Waals surface area contributed by atoms with Crippen molar-refractivity contribution in [2.45, 2.75) is 29.8 Å². The molecule has 0 N–H and O–H groups in total. The number of para-hydroxylation sites is 1. The van der Waals surface area contributed by atoms with Crippen molar-refractivity contribution in [3.63, 3.8) is 0 Å². The number of sulfonamides is 1. The van der Waals surface area contributed by atoms with Crippen molar-refractivity contribution in [2.24, 2.45) is 5.10 Å². The maximum Gasteiger partial charge on any atom is 0.266 e. The molecule has 40 heavy (non-hydrogen) atoms. The van der Waals surface area contributed by atoms with E-state index in [1.54, 1.807) is 59.6 Å². The van der Waals surface area contributed by atoms with E-state index < -0.39 is 27.4 Å². The molecule has 0 unspecified atom stereocenters. The van der Waals surface area contributed by atoms with Crippen LogP contribution in [0.2, 0.25) is 0 Å². The van der Waals surface area contributed by atoms with Crippen LogP contribution in [0.3, 0.4) is 0 Å².